The van der Waals surface area contributed by atoms with E-state index in [4.69, 9.17) is 5.11 Å². The Balaban J connectivity index is 3.25. The van der Waals surface area contributed by atoms with Crippen molar-refractivity contribution >= 4 is 0 Å². The molecular formula is C8H9O. The summed E-state index contributed by atoms with van der Waals surface area (Å²) in [5.74, 6) is 0.353. The van der Waals surface area contributed by atoms with Gasteiger partial charge in [0, 0.05) is 0 Å². The number of phenolic OH excluding ortho intramolecular Hbond substituents is 1. The van der Waals surface area contributed by atoms with Crippen molar-refractivity contribution in [2.45, 2.75) is 13.8 Å². The number of rotatable bonds is 0. The summed E-state index contributed by atoms with van der Waals surface area (Å²) in [6, 6.07) is 6.34. The van der Waals surface area contributed by atoms with E-state index in [1.807, 2.05) is 13.8 Å². The molecule has 47 valence electrons. The minimum absolute atomic E-state index is 0.353. The van der Waals surface area contributed by atoms with Gasteiger partial charge in [-0.1, -0.05) is 6.07 Å². The molecule has 9 heavy (non-hydrogen) atoms. The first-order chi connectivity index (χ1) is 4.22. The van der Waals surface area contributed by atoms with Crippen LogP contribution in [0.4, 0.5) is 0 Å². The predicted molar refractivity (Wildman–Crippen MR) is 36.4 cm³/mol. The van der Waals surface area contributed by atoms with E-state index in [0.717, 1.165) is 11.1 Å². The fraction of sp³-hybridized carbons (Fsp3) is 0.250. The van der Waals surface area contributed by atoms with Crippen molar-refractivity contribution in [1.29, 1.82) is 0 Å². The van der Waals surface area contributed by atoms with E-state index in [9.17, 15) is 0 Å². The van der Waals surface area contributed by atoms with E-state index in [2.05, 4.69) is 6.07 Å². The van der Waals surface area contributed by atoms with Gasteiger partial charge in [0.1, 0.15) is 5.75 Å². The van der Waals surface area contributed by atoms with Gasteiger partial charge in [0.15, 0.2) is 0 Å². The first-order valence-electron chi connectivity index (χ1n) is 2.88. The molecule has 1 heteroatoms. The number of phenols is 1. The second-order valence-electron chi connectivity index (χ2n) is 2.11. The van der Waals surface area contributed by atoms with Gasteiger partial charge >= 0.3 is 0 Å². The molecule has 0 atom stereocenters. The van der Waals surface area contributed by atoms with E-state index in [1.54, 1.807) is 12.1 Å². The fourth-order valence-corrected chi connectivity index (χ4v) is 0.671. The van der Waals surface area contributed by atoms with Crippen LogP contribution in [0.25, 0.3) is 0 Å². The Morgan fingerprint density at radius 1 is 1.44 bits per heavy atom. The van der Waals surface area contributed by atoms with E-state index < -0.39 is 0 Å². The van der Waals surface area contributed by atoms with Gasteiger partial charge < -0.3 is 5.11 Å². The molecule has 0 aliphatic rings. The van der Waals surface area contributed by atoms with Crippen LogP contribution in [0.5, 0.6) is 5.75 Å². The molecular weight excluding hydrogens is 112 g/mol. The van der Waals surface area contributed by atoms with Crippen LogP contribution in [0.2, 0.25) is 0 Å². The van der Waals surface area contributed by atoms with Gasteiger partial charge in [0.05, 0.1) is 0 Å². The van der Waals surface area contributed by atoms with Gasteiger partial charge in [-0.25, -0.2) is 0 Å². The molecule has 1 N–H and O–H groups in total. The zero-order chi connectivity index (χ0) is 6.85. The van der Waals surface area contributed by atoms with Crippen LogP contribution in [0.1, 0.15) is 11.1 Å². The van der Waals surface area contributed by atoms with Gasteiger partial charge in [-0.05, 0) is 37.1 Å². The highest BCUT2D eigenvalue weighted by Crippen LogP contribution is 2.17. The Kier molecular flexibility index (Phi) is 1.43. The molecule has 0 aliphatic carbocycles. The van der Waals surface area contributed by atoms with Crippen LogP contribution in [0.15, 0.2) is 12.1 Å². The Bertz CT molecular complexity index is 196. The van der Waals surface area contributed by atoms with E-state index >= 15 is 0 Å². The zero-order valence-corrected chi connectivity index (χ0v) is 5.60. The molecule has 0 aromatic heterocycles. The molecule has 1 aromatic rings. The summed E-state index contributed by atoms with van der Waals surface area (Å²) in [5.41, 5.74) is 1.92. The predicted octanol–water partition coefficient (Wildman–Crippen LogP) is 1.81. The summed E-state index contributed by atoms with van der Waals surface area (Å²) >= 11 is 0. The highest BCUT2D eigenvalue weighted by Gasteiger charge is 1.95. The number of benzene rings is 1. The highest BCUT2D eigenvalue weighted by molar-refractivity contribution is 5.35. The third-order valence-corrected chi connectivity index (χ3v) is 1.49. The normalized spacial score (nSPS) is 9.56. The molecule has 1 radical (unpaired) electrons. The maximum Gasteiger partial charge on any atom is 0.118 e. The standard InChI is InChI=1S/C8H9O/c1-6-4-3-5-8(9)7(6)2/h3,5,9H,1-2H3. The van der Waals surface area contributed by atoms with E-state index in [0.29, 0.717) is 5.75 Å². The van der Waals surface area contributed by atoms with Gasteiger partial charge in [-0.2, -0.15) is 0 Å². The minimum atomic E-state index is 0.353. The van der Waals surface area contributed by atoms with Crippen molar-refractivity contribution in [3.05, 3.63) is 29.3 Å². The zero-order valence-electron chi connectivity index (χ0n) is 5.60. The Labute approximate surface area is 55.0 Å². The molecule has 0 bridgehead atoms. The SMILES string of the molecule is Cc1[c]ccc(O)c1C. The molecule has 0 amide bonds. The second-order valence-corrected chi connectivity index (χ2v) is 2.11. The average molecular weight is 121 g/mol. The summed E-state index contributed by atoms with van der Waals surface area (Å²) in [7, 11) is 0. The number of hydrogen-bond acceptors (Lipinski definition) is 1. The molecule has 0 saturated carbocycles. The topological polar surface area (TPSA) is 20.2 Å². The van der Waals surface area contributed by atoms with Crippen molar-refractivity contribution in [2.75, 3.05) is 0 Å². The van der Waals surface area contributed by atoms with Crippen LogP contribution in [-0.2, 0) is 0 Å². The van der Waals surface area contributed by atoms with E-state index in [-0.39, 0.29) is 0 Å². The van der Waals surface area contributed by atoms with Crippen LogP contribution in [0.3, 0.4) is 0 Å². The highest BCUT2D eigenvalue weighted by atomic mass is 16.3. The smallest absolute Gasteiger partial charge is 0.118 e. The first-order valence-corrected chi connectivity index (χ1v) is 2.88. The van der Waals surface area contributed by atoms with Crippen molar-refractivity contribution in [3.63, 3.8) is 0 Å². The fourth-order valence-electron chi connectivity index (χ4n) is 0.671. The largest absolute Gasteiger partial charge is 0.508 e. The molecule has 1 rings (SSSR count). The Morgan fingerprint density at radius 2 is 2.11 bits per heavy atom. The molecule has 0 saturated heterocycles. The maximum atomic E-state index is 9.08. The number of aryl methyl sites for hydroxylation is 1. The molecule has 0 fully saturated rings. The summed E-state index contributed by atoms with van der Waals surface area (Å²) in [4.78, 5) is 0. The molecule has 0 aliphatic heterocycles. The summed E-state index contributed by atoms with van der Waals surface area (Å²) < 4.78 is 0. The summed E-state index contributed by atoms with van der Waals surface area (Å²) in [6.45, 7) is 3.80. The summed E-state index contributed by atoms with van der Waals surface area (Å²) in [5, 5.41) is 9.08. The lowest BCUT2D eigenvalue weighted by molar-refractivity contribution is 0.470. The average Bonchev–Trinajstić information content (AvgIpc) is 1.83. The molecule has 1 nitrogen and oxygen atoms in total. The first kappa shape index (κ1) is 6.14. The molecule has 0 heterocycles. The lowest BCUT2D eigenvalue weighted by Gasteiger charge is -1.98. The van der Waals surface area contributed by atoms with Gasteiger partial charge in [-0.15, -0.1) is 0 Å². The Morgan fingerprint density at radius 3 is 2.56 bits per heavy atom. The maximum absolute atomic E-state index is 9.08. The second kappa shape index (κ2) is 2.09. The number of aromatic hydroxyl groups is 1. The van der Waals surface area contributed by atoms with Gasteiger partial charge in [-0.3, -0.25) is 0 Å². The van der Waals surface area contributed by atoms with Crippen LogP contribution in [0, 0.1) is 19.9 Å². The third kappa shape index (κ3) is 1.04. The van der Waals surface area contributed by atoms with Crippen LogP contribution in [-0.4, -0.2) is 5.11 Å². The molecule has 1 aromatic carbocycles. The minimum Gasteiger partial charge on any atom is -0.508 e. The van der Waals surface area contributed by atoms with Crippen LogP contribution < -0.4 is 0 Å². The third-order valence-electron chi connectivity index (χ3n) is 1.49. The van der Waals surface area contributed by atoms with Gasteiger partial charge in [0.25, 0.3) is 0 Å². The quantitative estimate of drug-likeness (QED) is 0.555. The summed E-state index contributed by atoms with van der Waals surface area (Å²) in [6.07, 6.45) is 0. The van der Waals surface area contributed by atoms with Crippen LogP contribution >= 0.6 is 0 Å². The lowest BCUT2D eigenvalue weighted by atomic mass is 10.1. The van der Waals surface area contributed by atoms with Crippen molar-refractivity contribution in [2.24, 2.45) is 0 Å². The van der Waals surface area contributed by atoms with E-state index in [1.165, 1.54) is 0 Å². The lowest BCUT2D eigenvalue weighted by Crippen LogP contribution is -1.79. The number of hydrogen-bond donors (Lipinski definition) is 1. The molecule has 0 unspecified atom stereocenters. The monoisotopic (exact) mass is 121 g/mol. The van der Waals surface area contributed by atoms with Crippen molar-refractivity contribution in [1.82, 2.24) is 0 Å². The molecule has 0 spiro atoms. The van der Waals surface area contributed by atoms with Crippen molar-refractivity contribution < 1.29 is 5.11 Å². The van der Waals surface area contributed by atoms with Crippen molar-refractivity contribution in [3.8, 4) is 5.75 Å². The Hall–Kier alpha value is -0.980. The van der Waals surface area contributed by atoms with Gasteiger partial charge in [0.2, 0.25) is 0 Å².